The Morgan fingerprint density at radius 1 is 1.25 bits per heavy atom. The van der Waals surface area contributed by atoms with E-state index in [0.717, 1.165) is 44.3 Å². The van der Waals surface area contributed by atoms with Crippen LogP contribution in [0.2, 0.25) is 0 Å². The monoisotopic (exact) mass is 350 g/mol. The lowest BCUT2D eigenvalue weighted by molar-refractivity contribution is -0.137. The van der Waals surface area contributed by atoms with Crippen LogP contribution in [0.5, 0.6) is 0 Å². The number of unbranched alkanes of at least 4 members (excludes halogenated alkanes) is 2. The van der Waals surface area contributed by atoms with Gasteiger partial charge in [-0.25, -0.2) is 0 Å². The highest BCUT2D eigenvalue weighted by atomic mass is 32.2. The fourth-order valence-electron chi connectivity index (χ4n) is 3.54. The summed E-state index contributed by atoms with van der Waals surface area (Å²) < 4.78 is 6.13. The first-order valence-electron chi connectivity index (χ1n) is 9.32. The molecule has 4 atom stereocenters. The number of hydrogen-bond acceptors (Lipinski definition) is 3. The maximum absolute atomic E-state index is 10.5. The van der Waals surface area contributed by atoms with Gasteiger partial charge in [0.1, 0.15) is 0 Å². The second-order valence-electron chi connectivity index (χ2n) is 6.64. The lowest BCUT2D eigenvalue weighted by atomic mass is 9.86. The summed E-state index contributed by atoms with van der Waals surface area (Å²) in [6.07, 6.45) is 13.7. The van der Waals surface area contributed by atoms with E-state index in [-0.39, 0.29) is 6.42 Å². The second-order valence-corrected chi connectivity index (χ2v) is 7.92. The maximum atomic E-state index is 10.5. The average Bonchev–Trinajstić information content (AvgIpc) is 3.15. The molecule has 24 heavy (non-hydrogen) atoms. The molecule has 134 valence electrons. The second kappa shape index (κ2) is 10.8. The number of rotatable bonds is 10. The van der Waals surface area contributed by atoms with Gasteiger partial charge in [-0.05, 0) is 38.5 Å². The van der Waals surface area contributed by atoms with Gasteiger partial charge in [-0.1, -0.05) is 19.1 Å². The Morgan fingerprint density at radius 3 is 2.83 bits per heavy atom. The first-order valence-corrected chi connectivity index (χ1v) is 10.4. The van der Waals surface area contributed by atoms with Gasteiger partial charge in [-0.3, -0.25) is 4.79 Å². The van der Waals surface area contributed by atoms with Crippen LogP contribution in [-0.2, 0) is 9.53 Å². The van der Waals surface area contributed by atoms with Gasteiger partial charge in [-0.15, -0.1) is 11.8 Å². The van der Waals surface area contributed by atoms with Crippen LogP contribution >= 0.6 is 11.8 Å². The van der Waals surface area contributed by atoms with Crippen LogP contribution in [0.3, 0.4) is 0 Å². The summed E-state index contributed by atoms with van der Waals surface area (Å²) in [6.45, 7) is 2.16. The fraction of sp³-hybridized carbons (Fsp3) is 0.750. The van der Waals surface area contributed by atoms with Gasteiger partial charge in [0, 0.05) is 36.2 Å². The lowest BCUT2D eigenvalue weighted by Gasteiger charge is -2.26. The van der Waals surface area contributed by atoms with E-state index in [0.29, 0.717) is 23.4 Å². The number of ether oxygens (including phenoxy) is 1. The van der Waals surface area contributed by atoms with Crippen LogP contribution in [0.4, 0.5) is 0 Å². The summed E-state index contributed by atoms with van der Waals surface area (Å²) in [6, 6.07) is 0. The minimum absolute atomic E-state index is 0.263. The molecular weight excluding hydrogens is 320 g/mol. The third-order valence-electron chi connectivity index (χ3n) is 4.72. The van der Waals surface area contributed by atoms with E-state index in [1.807, 2.05) is 11.8 Å². The summed E-state index contributed by atoms with van der Waals surface area (Å²) in [5.74, 6) is 7.51. The Kier molecular flexibility index (Phi) is 8.77. The zero-order valence-corrected chi connectivity index (χ0v) is 15.5. The average molecular weight is 351 g/mol. The molecular formula is C20H30O3S. The first kappa shape index (κ1) is 19.4. The molecule has 2 rings (SSSR count). The van der Waals surface area contributed by atoms with Crippen LogP contribution in [0.25, 0.3) is 0 Å². The Labute approximate surface area is 150 Å². The summed E-state index contributed by atoms with van der Waals surface area (Å²) >= 11 is 2.05. The quantitative estimate of drug-likeness (QED) is 0.354. The van der Waals surface area contributed by atoms with Crippen molar-refractivity contribution in [3.8, 4) is 11.8 Å². The van der Waals surface area contributed by atoms with Gasteiger partial charge in [0.25, 0.3) is 0 Å². The van der Waals surface area contributed by atoms with Crippen molar-refractivity contribution in [2.75, 3.05) is 5.75 Å². The van der Waals surface area contributed by atoms with Crippen LogP contribution in [0, 0.1) is 17.8 Å². The molecule has 0 saturated carbocycles. The molecule has 0 unspecified atom stereocenters. The lowest BCUT2D eigenvalue weighted by Crippen LogP contribution is -2.29. The molecule has 0 spiro atoms. The molecule has 2 bridgehead atoms. The van der Waals surface area contributed by atoms with Crippen LogP contribution in [0.1, 0.15) is 64.7 Å². The van der Waals surface area contributed by atoms with Crippen molar-refractivity contribution in [1.82, 2.24) is 0 Å². The minimum atomic E-state index is -0.705. The highest BCUT2D eigenvalue weighted by Crippen LogP contribution is 2.46. The molecule has 0 aromatic carbocycles. The maximum Gasteiger partial charge on any atom is 0.303 e. The predicted octanol–water partition coefficient (Wildman–Crippen LogP) is 4.66. The molecule has 2 fully saturated rings. The summed E-state index contributed by atoms with van der Waals surface area (Å²) in [5.41, 5.74) is 0. The number of hydrogen-bond donors (Lipinski definition) is 1. The highest BCUT2D eigenvalue weighted by Gasteiger charge is 2.48. The van der Waals surface area contributed by atoms with Gasteiger partial charge >= 0.3 is 5.97 Å². The van der Waals surface area contributed by atoms with Crippen molar-refractivity contribution >= 4 is 17.7 Å². The molecule has 0 amide bonds. The third kappa shape index (κ3) is 6.18. The van der Waals surface area contributed by atoms with E-state index in [2.05, 4.69) is 30.9 Å². The smallest absolute Gasteiger partial charge is 0.303 e. The van der Waals surface area contributed by atoms with Crippen LogP contribution in [-0.4, -0.2) is 34.3 Å². The van der Waals surface area contributed by atoms with Gasteiger partial charge in [0.15, 0.2) is 0 Å². The zero-order chi connectivity index (χ0) is 17.2. The molecule has 0 aromatic rings. The largest absolute Gasteiger partial charge is 0.481 e. The Balaban J connectivity index is 1.70. The molecule has 4 heteroatoms. The summed E-state index contributed by atoms with van der Waals surface area (Å²) in [4.78, 5) is 10.5. The summed E-state index contributed by atoms with van der Waals surface area (Å²) in [5, 5.41) is 9.26. The molecule has 3 nitrogen and oxygen atoms in total. The molecule has 2 saturated heterocycles. The Bertz CT molecular complexity index is 477. The Morgan fingerprint density at radius 2 is 2.04 bits per heavy atom. The topological polar surface area (TPSA) is 46.5 Å². The van der Waals surface area contributed by atoms with Gasteiger partial charge in [-0.2, -0.15) is 11.8 Å². The fourth-order valence-corrected chi connectivity index (χ4v) is 4.98. The van der Waals surface area contributed by atoms with Crippen molar-refractivity contribution in [2.24, 2.45) is 5.92 Å². The number of fused-ring (bicyclic) bond motifs is 2. The zero-order valence-electron chi connectivity index (χ0n) is 14.7. The van der Waals surface area contributed by atoms with E-state index in [1.165, 1.54) is 12.8 Å². The first-order chi connectivity index (χ1) is 11.7. The van der Waals surface area contributed by atoms with Crippen LogP contribution in [0.15, 0.2) is 12.2 Å². The number of carboxylic acid groups (broad SMARTS) is 1. The molecule has 0 radical (unpaired) electrons. The molecule has 2 aliphatic heterocycles. The molecule has 0 aliphatic carbocycles. The van der Waals surface area contributed by atoms with Crippen molar-refractivity contribution in [2.45, 2.75) is 82.2 Å². The van der Waals surface area contributed by atoms with Crippen molar-refractivity contribution in [3.05, 3.63) is 12.2 Å². The SMILES string of the molecule is CCCC#CCCS[C@@H]1[C@@H](C/C=C\CCCC(=O)O)[C@H]2CC[C@@H]1O2. The highest BCUT2D eigenvalue weighted by molar-refractivity contribution is 8.00. The van der Waals surface area contributed by atoms with E-state index < -0.39 is 5.97 Å². The van der Waals surface area contributed by atoms with E-state index >= 15 is 0 Å². The number of carbonyl (C=O) groups is 1. The Hall–Kier alpha value is -0.920. The number of thioether (sulfide) groups is 1. The van der Waals surface area contributed by atoms with E-state index in [4.69, 9.17) is 9.84 Å². The molecule has 2 aliphatic rings. The summed E-state index contributed by atoms with van der Waals surface area (Å²) in [7, 11) is 0. The standard InChI is InChI=1S/C20H30O3S/c1-2-3-4-7-10-15-24-20-16(17-13-14-18(20)23-17)11-8-5-6-9-12-19(21)22/h5,8,16-18,20H,2-3,6,9-15H2,1H3,(H,21,22)/b8-5-/t16-,17+,18-,20+/m0/s1. The van der Waals surface area contributed by atoms with E-state index in [9.17, 15) is 4.79 Å². The normalized spacial score (nSPS) is 28.2. The van der Waals surface area contributed by atoms with Gasteiger partial charge in [0.2, 0.25) is 0 Å². The van der Waals surface area contributed by atoms with Gasteiger partial charge < -0.3 is 9.84 Å². The van der Waals surface area contributed by atoms with Crippen molar-refractivity contribution in [3.63, 3.8) is 0 Å². The molecule has 2 heterocycles. The molecule has 1 N–H and O–H groups in total. The number of allylic oxidation sites excluding steroid dienone is 2. The van der Waals surface area contributed by atoms with E-state index in [1.54, 1.807) is 0 Å². The van der Waals surface area contributed by atoms with Gasteiger partial charge in [0.05, 0.1) is 12.2 Å². The third-order valence-corrected chi connectivity index (χ3v) is 6.20. The van der Waals surface area contributed by atoms with Crippen LogP contribution < -0.4 is 0 Å². The van der Waals surface area contributed by atoms with Crippen molar-refractivity contribution in [1.29, 1.82) is 0 Å². The molecule has 0 aromatic heterocycles. The number of aliphatic carboxylic acids is 1. The number of carboxylic acids is 1. The predicted molar refractivity (Wildman–Crippen MR) is 100 cm³/mol. The van der Waals surface area contributed by atoms with Crippen molar-refractivity contribution < 1.29 is 14.6 Å². The minimum Gasteiger partial charge on any atom is -0.481 e.